The molecule has 0 atom stereocenters. The van der Waals surface area contributed by atoms with Crippen molar-refractivity contribution in [1.82, 2.24) is 15.1 Å². The van der Waals surface area contributed by atoms with Crippen molar-refractivity contribution < 1.29 is 4.39 Å². The van der Waals surface area contributed by atoms with E-state index >= 15 is 0 Å². The van der Waals surface area contributed by atoms with Crippen LogP contribution in [-0.4, -0.2) is 16.3 Å². The molecule has 1 N–H and O–H groups in total. The molecule has 0 fully saturated rings. The largest absolute Gasteiger partial charge is 0.311 e. The Hall–Kier alpha value is -1.68. The maximum atomic E-state index is 13.5. The lowest BCUT2D eigenvalue weighted by atomic mass is 10.2. The van der Waals surface area contributed by atoms with Crippen molar-refractivity contribution in [3.05, 3.63) is 47.5 Å². The first-order valence-corrected chi connectivity index (χ1v) is 6.23. The Kier molecular flexibility index (Phi) is 4.10. The molecule has 0 aliphatic carbocycles. The minimum absolute atomic E-state index is 0.200. The highest BCUT2D eigenvalue weighted by Gasteiger charge is 2.06. The molecule has 1 aromatic carbocycles. The van der Waals surface area contributed by atoms with Gasteiger partial charge >= 0.3 is 0 Å². The molecule has 3 nitrogen and oxygen atoms in total. The van der Waals surface area contributed by atoms with Crippen LogP contribution >= 0.6 is 0 Å². The monoisotopic (exact) mass is 247 g/mol. The highest BCUT2D eigenvalue weighted by atomic mass is 19.1. The zero-order valence-electron chi connectivity index (χ0n) is 10.8. The number of hydrogen-bond donors (Lipinski definition) is 1. The predicted molar refractivity (Wildman–Crippen MR) is 70.3 cm³/mol. The van der Waals surface area contributed by atoms with Crippen molar-refractivity contribution in [2.24, 2.45) is 0 Å². The van der Waals surface area contributed by atoms with Crippen LogP contribution in [0.3, 0.4) is 0 Å². The molecule has 0 bridgehead atoms. The molecular weight excluding hydrogens is 229 g/mol. The molecule has 0 spiro atoms. The van der Waals surface area contributed by atoms with E-state index in [9.17, 15) is 4.39 Å². The van der Waals surface area contributed by atoms with Crippen LogP contribution in [0, 0.1) is 12.7 Å². The molecule has 0 saturated carbocycles. The third-order valence-corrected chi connectivity index (χ3v) is 2.86. The van der Waals surface area contributed by atoms with E-state index in [1.807, 2.05) is 18.3 Å². The third-order valence-electron chi connectivity index (χ3n) is 2.86. The van der Waals surface area contributed by atoms with E-state index < -0.39 is 0 Å². The minimum atomic E-state index is -0.200. The highest BCUT2D eigenvalue weighted by Crippen LogP contribution is 2.16. The van der Waals surface area contributed by atoms with Gasteiger partial charge in [0.25, 0.3) is 0 Å². The molecule has 4 heteroatoms. The van der Waals surface area contributed by atoms with E-state index in [0.717, 1.165) is 30.9 Å². The Balaban J connectivity index is 2.16. The SMILES string of the molecule is CCCNCc1ccn(-c2cccc(F)c2C)n1. The molecule has 0 aliphatic heterocycles. The standard InChI is InChI=1S/C14H18FN3/c1-3-8-16-10-12-7-9-18(17-12)14-6-4-5-13(15)11(14)2/h4-7,9,16H,3,8,10H2,1-2H3. The highest BCUT2D eigenvalue weighted by molar-refractivity contribution is 5.40. The molecule has 2 rings (SSSR count). The van der Waals surface area contributed by atoms with E-state index in [0.29, 0.717) is 5.56 Å². The van der Waals surface area contributed by atoms with Gasteiger partial charge in [-0.25, -0.2) is 9.07 Å². The molecule has 0 aliphatic rings. The van der Waals surface area contributed by atoms with Gasteiger partial charge in [0.1, 0.15) is 5.82 Å². The number of halogens is 1. The fourth-order valence-electron chi connectivity index (χ4n) is 1.83. The van der Waals surface area contributed by atoms with Crippen LogP contribution in [0.5, 0.6) is 0 Å². The minimum Gasteiger partial charge on any atom is -0.311 e. The topological polar surface area (TPSA) is 29.9 Å². The molecule has 0 radical (unpaired) electrons. The number of rotatable bonds is 5. The molecule has 2 aromatic rings. The number of nitrogens with one attached hydrogen (secondary N) is 1. The summed E-state index contributed by atoms with van der Waals surface area (Å²) in [6.07, 6.45) is 2.97. The molecule has 1 aromatic heterocycles. The zero-order valence-corrected chi connectivity index (χ0v) is 10.8. The lowest BCUT2D eigenvalue weighted by Gasteiger charge is -2.06. The molecule has 0 saturated heterocycles. The van der Waals surface area contributed by atoms with Gasteiger partial charge < -0.3 is 5.32 Å². The summed E-state index contributed by atoms with van der Waals surface area (Å²) in [6.45, 7) is 5.62. The van der Waals surface area contributed by atoms with Crippen molar-refractivity contribution in [2.75, 3.05) is 6.54 Å². The Morgan fingerprint density at radius 3 is 2.94 bits per heavy atom. The van der Waals surface area contributed by atoms with Gasteiger partial charge in [-0.1, -0.05) is 13.0 Å². The van der Waals surface area contributed by atoms with Gasteiger partial charge in [0, 0.05) is 18.3 Å². The van der Waals surface area contributed by atoms with Gasteiger partial charge in [-0.2, -0.15) is 5.10 Å². The molecule has 0 unspecified atom stereocenters. The van der Waals surface area contributed by atoms with E-state index in [-0.39, 0.29) is 5.82 Å². The average molecular weight is 247 g/mol. The maximum absolute atomic E-state index is 13.5. The van der Waals surface area contributed by atoms with Gasteiger partial charge in [0.2, 0.25) is 0 Å². The Morgan fingerprint density at radius 2 is 2.17 bits per heavy atom. The number of hydrogen-bond acceptors (Lipinski definition) is 2. The third kappa shape index (κ3) is 2.76. The number of nitrogens with zero attached hydrogens (tertiary/aromatic N) is 2. The molecule has 0 amide bonds. The fourth-order valence-corrected chi connectivity index (χ4v) is 1.83. The molecule has 96 valence electrons. The Bertz CT molecular complexity index is 520. The summed E-state index contributed by atoms with van der Waals surface area (Å²) in [7, 11) is 0. The first-order valence-electron chi connectivity index (χ1n) is 6.23. The Labute approximate surface area is 107 Å². The average Bonchev–Trinajstić information content (AvgIpc) is 2.82. The van der Waals surface area contributed by atoms with Gasteiger partial charge in [-0.15, -0.1) is 0 Å². The van der Waals surface area contributed by atoms with Crippen molar-refractivity contribution in [2.45, 2.75) is 26.8 Å². The van der Waals surface area contributed by atoms with Crippen LogP contribution in [0.4, 0.5) is 4.39 Å². The van der Waals surface area contributed by atoms with Crippen molar-refractivity contribution in [3.63, 3.8) is 0 Å². The van der Waals surface area contributed by atoms with E-state index in [1.54, 1.807) is 17.7 Å². The second-order valence-electron chi connectivity index (χ2n) is 4.31. The number of aromatic nitrogens is 2. The molecule has 1 heterocycles. The number of benzene rings is 1. The van der Waals surface area contributed by atoms with Gasteiger partial charge in [-0.05, 0) is 38.1 Å². The van der Waals surface area contributed by atoms with Crippen molar-refractivity contribution in [3.8, 4) is 5.69 Å². The smallest absolute Gasteiger partial charge is 0.128 e. The first-order chi connectivity index (χ1) is 8.72. The van der Waals surface area contributed by atoms with Crippen LogP contribution in [0.1, 0.15) is 24.6 Å². The van der Waals surface area contributed by atoms with Gasteiger partial charge in [0.05, 0.1) is 11.4 Å². The second-order valence-corrected chi connectivity index (χ2v) is 4.31. The van der Waals surface area contributed by atoms with E-state index in [4.69, 9.17) is 0 Å². The maximum Gasteiger partial charge on any atom is 0.128 e. The van der Waals surface area contributed by atoms with Gasteiger partial charge in [0.15, 0.2) is 0 Å². The quantitative estimate of drug-likeness (QED) is 0.823. The summed E-state index contributed by atoms with van der Waals surface area (Å²) >= 11 is 0. The summed E-state index contributed by atoms with van der Waals surface area (Å²) in [6, 6.07) is 6.99. The normalized spacial score (nSPS) is 10.8. The lowest BCUT2D eigenvalue weighted by molar-refractivity contribution is 0.614. The van der Waals surface area contributed by atoms with Crippen LogP contribution in [0.25, 0.3) is 5.69 Å². The van der Waals surface area contributed by atoms with Crippen LogP contribution in [-0.2, 0) is 6.54 Å². The van der Waals surface area contributed by atoms with E-state index in [2.05, 4.69) is 17.3 Å². The molecular formula is C14H18FN3. The first kappa shape index (κ1) is 12.8. The van der Waals surface area contributed by atoms with Crippen LogP contribution in [0.2, 0.25) is 0 Å². The summed E-state index contributed by atoms with van der Waals surface area (Å²) in [5, 5.41) is 7.73. The zero-order chi connectivity index (χ0) is 13.0. The summed E-state index contributed by atoms with van der Waals surface area (Å²) in [5.41, 5.74) is 2.37. The summed E-state index contributed by atoms with van der Waals surface area (Å²) < 4.78 is 15.2. The lowest BCUT2D eigenvalue weighted by Crippen LogP contribution is -2.14. The van der Waals surface area contributed by atoms with Gasteiger partial charge in [-0.3, -0.25) is 0 Å². The van der Waals surface area contributed by atoms with Crippen LogP contribution < -0.4 is 5.32 Å². The predicted octanol–water partition coefficient (Wildman–Crippen LogP) is 2.82. The van der Waals surface area contributed by atoms with Crippen molar-refractivity contribution >= 4 is 0 Å². The fraction of sp³-hybridized carbons (Fsp3) is 0.357. The molecule has 18 heavy (non-hydrogen) atoms. The summed E-state index contributed by atoms with van der Waals surface area (Å²) in [4.78, 5) is 0. The van der Waals surface area contributed by atoms with Crippen molar-refractivity contribution in [1.29, 1.82) is 0 Å². The van der Waals surface area contributed by atoms with E-state index in [1.165, 1.54) is 6.07 Å². The second kappa shape index (κ2) is 5.78. The van der Waals surface area contributed by atoms with Crippen LogP contribution in [0.15, 0.2) is 30.5 Å². The summed E-state index contributed by atoms with van der Waals surface area (Å²) in [5.74, 6) is -0.200. The Morgan fingerprint density at radius 1 is 1.33 bits per heavy atom.